The summed E-state index contributed by atoms with van der Waals surface area (Å²) in [6, 6.07) is 19.3. The molecule has 0 amide bonds. The van der Waals surface area contributed by atoms with Crippen molar-refractivity contribution in [2.45, 2.75) is 14.7 Å². The molecule has 8 N–H and O–H groups in total. The van der Waals surface area contributed by atoms with Crippen LogP contribution in [0.15, 0.2) is 129 Å². The van der Waals surface area contributed by atoms with Crippen molar-refractivity contribution < 1.29 is 73.2 Å². The zero-order valence-electron chi connectivity index (χ0n) is 32.5. The minimum Gasteiger partial charge on any atom is -0.505 e. The second-order valence-electron chi connectivity index (χ2n) is 12.2. The zero-order valence-corrected chi connectivity index (χ0v) is 34.9. The standard InChI is InChI=1S/C37H32N8O16S3/c1-55-27-9-4-21(16-30(27)63-59-53)38-40-25-17-29(57-13-11-47)26(18-28(25)56-12-10-46)41-42-32-31(64-60-54)14-19-2-3-20(15-24(19)35(32)48)39-43-33-34(37(50)51)44-45(36(33)49)22-5-7-23(8-6-22)62-61-58-52/h2-9,14-18,44,46-48,52-54H,10-13H2,1H3,(H,50,51). The minimum atomic E-state index is -1.50. The van der Waals surface area contributed by atoms with Crippen LogP contribution in [-0.4, -0.2) is 85.5 Å². The fourth-order valence-electron chi connectivity index (χ4n) is 5.54. The van der Waals surface area contributed by atoms with Crippen molar-refractivity contribution in [2.75, 3.05) is 33.5 Å². The first-order valence-electron chi connectivity index (χ1n) is 17.8. The van der Waals surface area contributed by atoms with E-state index in [4.69, 9.17) is 24.7 Å². The fourth-order valence-corrected chi connectivity index (χ4v) is 6.85. The molecule has 0 spiro atoms. The Labute approximate surface area is 371 Å². The maximum absolute atomic E-state index is 13.4. The number of nitrogens with zero attached hydrogens (tertiary/aromatic N) is 7. The molecule has 0 unspecified atom stereocenters. The Kier molecular flexibility index (Phi) is 16.7. The normalized spacial score (nSPS) is 11.7. The smallest absolute Gasteiger partial charge is 0.356 e. The van der Waals surface area contributed by atoms with Gasteiger partial charge in [-0.05, 0) is 66.0 Å². The van der Waals surface area contributed by atoms with E-state index in [0.29, 0.717) is 62.7 Å². The molecule has 0 saturated carbocycles. The van der Waals surface area contributed by atoms with Gasteiger partial charge in [0, 0.05) is 22.4 Å². The van der Waals surface area contributed by atoms with Crippen molar-refractivity contribution in [3.05, 3.63) is 94.9 Å². The molecule has 0 saturated heterocycles. The summed E-state index contributed by atoms with van der Waals surface area (Å²) < 4.78 is 30.5. The van der Waals surface area contributed by atoms with Crippen molar-refractivity contribution in [1.82, 2.24) is 9.78 Å². The number of benzene rings is 5. The third-order valence-corrected chi connectivity index (χ3v) is 10.0. The fraction of sp³-hybridized carbons (Fsp3) is 0.135. The lowest BCUT2D eigenvalue weighted by atomic mass is 10.1. The first-order valence-corrected chi connectivity index (χ1v) is 20.0. The van der Waals surface area contributed by atoms with Crippen molar-refractivity contribution >= 4 is 87.0 Å². The number of phenols is 1. The summed E-state index contributed by atoms with van der Waals surface area (Å²) in [4.78, 5) is 26.4. The van der Waals surface area contributed by atoms with Crippen LogP contribution in [0.5, 0.6) is 23.0 Å². The summed E-state index contributed by atoms with van der Waals surface area (Å²) in [5.74, 6) is -1.49. The molecule has 6 rings (SSSR count). The highest BCUT2D eigenvalue weighted by atomic mass is 32.2. The number of azo groups is 3. The van der Waals surface area contributed by atoms with Gasteiger partial charge in [-0.25, -0.2) is 25.2 Å². The molecule has 1 aromatic heterocycles. The number of hydrogen-bond donors (Lipinski definition) is 8. The third-order valence-electron chi connectivity index (χ3n) is 8.31. The number of aliphatic hydroxyl groups excluding tert-OH is 2. The van der Waals surface area contributed by atoms with E-state index in [1.165, 1.54) is 73.8 Å². The second-order valence-corrected chi connectivity index (χ2v) is 14.4. The van der Waals surface area contributed by atoms with E-state index in [1.54, 1.807) is 12.1 Å². The van der Waals surface area contributed by atoms with Crippen LogP contribution >= 0.6 is 36.1 Å². The highest BCUT2D eigenvalue weighted by Gasteiger charge is 2.22. The molecular weight excluding hydrogens is 909 g/mol. The largest absolute Gasteiger partial charge is 0.505 e. The van der Waals surface area contributed by atoms with Gasteiger partial charge in [-0.15, -0.1) is 24.8 Å². The summed E-state index contributed by atoms with van der Waals surface area (Å²) in [7, 11) is 1.44. The van der Waals surface area contributed by atoms with Crippen LogP contribution in [0, 0.1) is 0 Å². The quantitative estimate of drug-likeness (QED) is 0.0136. The van der Waals surface area contributed by atoms with Gasteiger partial charge in [0.2, 0.25) is 0 Å². The molecule has 0 radical (unpaired) electrons. The molecule has 6 aromatic rings. The van der Waals surface area contributed by atoms with Crippen LogP contribution in [-0.2, 0) is 18.0 Å². The molecule has 0 atom stereocenters. The number of carboxylic acids is 1. The molecule has 24 nitrogen and oxygen atoms in total. The number of carbonyl (C=O) groups is 1. The topological polar surface area (TPSA) is 335 Å². The van der Waals surface area contributed by atoms with Crippen LogP contribution in [0.2, 0.25) is 0 Å². The Morgan fingerprint density at radius 3 is 1.94 bits per heavy atom. The number of methoxy groups -OCH3 is 1. The Morgan fingerprint density at radius 1 is 0.703 bits per heavy atom. The van der Waals surface area contributed by atoms with Crippen LogP contribution < -0.4 is 19.8 Å². The molecule has 0 bridgehead atoms. The van der Waals surface area contributed by atoms with E-state index < -0.39 is 28.7 Å². The first-order chi connectivity index (χ1) is 31.1. The Hall–Kier alpha value is -6.47. The van der Waals surface area contributed by atoms with Crippen LogP contribution in [0.25, 0.3) is 16.5 Å². The lowest BCUT2D eigenvalue weighted by molar-refractivity contribution is -0.432. The molecule has 334 valence electrons. The lowest BCUT2D eigenvalue weighted by Crippen LogP contribution is -2.13. The SMILES string of the molecule is COc1ccc(N=Nc2cc(OCCO)c(N=Nc3c(SOO)cc4ccc(N=Nc5c(C(=O)O)[nH]n(-c6ccc(SOOO)cc6)c5=O)cc4c3O)cc2OCCO)cc1SOO. The Bertz CT molecular complexity index is 2750. The highest BCUT2D eigenvalue weighted by molar-refractivity contribution is 7.95. The molecule has 64 heavy (non-hydrogen) atoms. The number of aromatic hydroxyl groups is 1. The molecule has 0 aliphatic heterocycles. The third kappa shape index (κ3) is 11.4. The van der Waals surface area contributed by atoms with Gasteiger partial charge in [0.1, 0.15) is 47.5 Å². The van der Waals surface area contributed by atoms with Crippen molar-refractivity contribution in [2.24, 2.45) is 30.7 Å². The number of aliphatic hydroxyl groups is 2. The number of fused-ring (bicyclic) bond motifs is 1. The molecule has 0 aliphatic carbocycles. The Morgan fingerprint density at radius 2 is 1.31 bits per heavy atom. The van der Waals surface area contributed by atoms with Gasteiger partial charge in [-0.1, -0.05) is 11.1 Å². The van der Waals surface area contributed by atoms with Gasteiger partial charge in [-0.2, -0.15) is 18.9 Å². The predicted octanol–water partition coefficient (Wildman–Crippen LogP) is 9.14. The van der Waals surface area contributed by atoms with E-state index in [-0.39, 0.29) is 76.6 Å². The van der Waals surface area contributed by atoms with Gasteiger partial charge >= 0.3 is 5.97 Å². The van der Waals surface area contributed by atoms with Gasteiger partial charge in [0.15, 0.2) is 17.1 Å². The van der Waals surface area contributed by atoms with Crippen molar-refractivity contribution in [3.8, 4) is 28.7 Å². The Balaban J connectivity index is 1.36. The van der Waals surface area contributed by atoms with E-state index in [2.05, 4.69) is 53.8 Å². The summed E-state index contributed by atoms with van der Waals surface area (Å²) in [6.45, 7) is -1.12. The molecule has 5 aromatic carbocycles. The van der Waals surface area contributed by atoms with Crippen molar-refractivity contribution in [1.29, 1.82) is 0 Å². The monoisotopic (exact) mass is 940 g/mol. The number of carboxylic acid groups (broad SMARTS) is 1. The number of aromatic carboxylic acids is 1. The van der Waals surface area contributed by atoms with E-state index in [0.717, 1.165) is 4.68 Å². The number of H-pyrrole nitrogens is 1. The van der Waals surface area contributed by atoms with Crippen LogP contribution in [0.4, 0.5) is 34.1 Å². The molecule has 0 fully saturated rings. The summed E-state index contributed by atoms with van der Waals surface area (Å²) in [5.41, 5.74) is -1.44. The van der Waals surface area contributed by atoms with E-state index in [9.17, 15) is 35.3 Å². The van der Waals surface area contributed by atoms with E-state index >= 15 is 0 Å². The van der Waals surface area contributed by atoms with Gasteiger partial charge in [0.05, 0.1) is 83.3 Å². The molecule has 0 aliphatic rings. The molecule has 1 heterocycles. The minimum absolute atomic E-state index is 0.00183. The average molecular weight is 941 g/mol. The lowest BCUT2D eigenvalue weighted by Gasteiger charge is -2.13. The number of phenolic OH excluding ortho intramolecular Hbond substituents is 1. The maximum Gasteiger partial charge on any atom is 0.356 e. The number of hydrogen-bond acceptors (Lipinski definition) is 24. The average Bonchev–Trinajstić information content (AvgIpc) is 3.64. The van der Waals surface area contributed by atoms with Crippen LogP contribution in [0.1, 0.15) is 10.5 Å². The number of aromatic amines is 1. The summed E-state index contributed by atoms with van der Waals surface area (Å²) >= 11 is 1.74. The number of rotatable bonds is 22. The number of aromatic nitrogens is 2. The van der Waals surface area contributed by atoms with Gasteiger partial charge in [0.25, 0.3) is 5.56 Å². The van der Waals surface area contributed by atoms with Gasteiger partial charge < -0.3 is 34.6 Å². The second kappa shape index (κ2) is 22.8. The summed E-state index contributed by atoms with van der Waals surface area (Å²) in [6.07, 6.45) is 0. The number of ether oxygens (including phenoxy) is 3. The number of nitrogens with one attached hydrogen (secondary N) is 1. The first kappa shape index (κ1) is 47.0. The van der Waals surface area contributed by atoms with Crippen LogP contribution in [0.3, 0.4) is 0 Å². The molecular formula is C37H32N8O16S3. The zero-order chi connectivity index (χ0) is 45.6. The van der Waals surface area contributed by atoms with Crippen molar-refractivity contribution in [3.63, 3.8) is 0 Å². The maximum atomic E-state index is 13.4. The predicted molar refractivity (Wildman–Crippen MR) is 226 cm³/mol. The summed E-state index contributed by atoms with van der Waals surface area (Å²) in [5, 5.41) is 98.8. The molecule has 27 heteroatoms. The van der Waals surface area contributed by atoms with E-state index in [1.807, 2.05) is 0 Å². The highest BCUT2D eigenvalue weighted by Crippen LogP contribution is 2.47. The van der Waals surface area contributed by atoms with Gasteiger partial charge in [-0.3, -0.25) is 9.89 Å².